The molecule has 0 unspecified atom stereocenters. The minimum atomic E-state index is -0.956. The Morgan fingerprint density at radius 2 is 2.03 bits per heavy atom. The Bertz CT molecular complexity index is 1050. The molecule has 0 aliphatic rings. The van der Waals surface area contributed by atoms with E-state index in [0.29, 0.717) is 27.7 Å². The summed E-state index contributed by atoms with van der Waals surface area (Å²) in [7, 11) is 1.59. The quantitative estimate of drug-likeness (QED) is 0.645. The van der Waals surface area contributed by atoms with Crippen LogP contribution in [0.25, 0.3) is 0 Å². The van der Waals surface area contributed by atoms with Gasteiger partial charge in [-0.3, -0.25) is 14.9 Å². The molecule has 0 bridgehead atoms. The zero-order chi connectivity index (χ0) is 21.1. The normalized spacial score (nSPS) is 11.9. The monoisotopic (exact) mass is 419 g/mol. The maximum atomic E-state index is 13.5. The van der Waals surface area contributed by atoms with Crippen molar-refractivity contribution in [3.05, 3.63) is 70.1 Å². The highest BCUT2D eigenvalue weighted by molar-refractivity contribution is 7.14. The van der Waals surface area contributed by atoms with Gasteiger partial charge in [-0.1, -0.05) is 6.07 Å². The number of thiazole rings is 1. The number of hydrogen-bond donors (Lipinski definition) is 1. The maximum Gasteiger partial charge on any atom is 0.260 e. The van der Waals surface area contributed by atoms with Crippen molar-refractivity contribution in [2.24, 2.45) is 0 Å². The number of nitrogens with zero attached hydrogens (tertiary/aromatic N) is 2. The van der Waals surface area contributed by atoms with Crippen LogP contribution in [0.3, 0.4) is 0 Å². The van der Waals surface area contributed by atoms with E-state index in [-0.39, 0.29) is 18.2 Å². The fourth-order valence-corrected chi connectivity index (χ4v) is 3.43. The van der Waals surface area contributed by atoms with E-state index >= 15 is 0 Å². The lowest BCUT2D eigenvalue weighted by Gasteiger charge is -2.25. The molecule has 3 aromatic rings. The summed E-state index contributed by atoms with van der Waals surface area (Å²) in [5.74, 6) is -1.97. The van der Waals surface area contributed by atoms with Crippen molar-refractivity contribution in [2.45, 2.75) is 26.3 Å². The lowest BCUT2D eigenvalue weighted by atomic mass is 10.1. The average Bonchev–Trinajstić information content (AvgIpc) is 3.31. The predicted molar refractivity (Wildman–Crippen MR) is 105 cm³/mol. The van der Waals surface area contributed by atoms with E-state index in [1.54, 1.807) is 32.3 Å². The molecule has 152 valence electrons. The molecule has 1 atom stereocenters. The van der Waals surface area contributed by atoms with Crippen LogP contribution >= 0.6 is 11.3 Å². The van der Waals surface area contributed by atoms with Crippen LogP contribution in [0, 0.1) is 18.6 Å². The number of amides is 2. The van der Waals surface area contributed by atoms with Crippen molar-refractivity contribution in [3.63, 3.8) is 0 Å². The molecule has 9 heteroatoms. The minimum Gasteiger partial charge on any atom is -0.469 e. The smallest absolute Gasteiger partial charge is 0.260 e. The Kier molecular flexibility index (Phi) is 6.07. The van der Waals surface area contributed by atoms with E-state index < -0.39 is 17.7 Å². The molecule has 2 aromatic heterocycles. The molecule has 2 heterocycles. The number of furan rings is 1. The molecule has 29 heavy (non-hydrogen) atoms. The summed E-state index contributed by atoms with van der Waals surface area (Å²) in [6, 6.07) is 4.69. The molecule has 6 nitrogen and oxygen atoms in total. The summed E-state index contributed by atoms with van der Waals surface area (Å²) in [4.78, 5) is 30.5. The van der Waals surface area contributed by atoms with Gasteiger partial charge in [0, 0.05) is 12.4 Å². The van der Waals surface area contributed by atoms with Crippen LogP contribution in [-0.2, 0) is 11.2 Å². The first-order valence-corrected chi connectivity index (χ1v) is 9.64. The number of likely N-dealkylation sites (N-methyl/N-ethyl adjacent to an activating group) is 1. The van der Waals surface area contributed by atoms with Gasteiger partial charge in [-0.2, -0.15) is 0 Å². The van der Waals surface area contributed by atoms with E-state index in [1.807, 2.05) is 0 Å². The van der Waals surface area contributed by atoms with Gasteiger partial charge < -0.3 is 9.32 Å². The van der Waals surface area contributed by atoms with Crippen LogP contribution in [0.4, 0.5) is 13.9 Å². The zero-order valence-corrected chi connectivity index (χ0v) is 16.8. The number of hydrogen-bond acceptors (Lipinski definition) is 5. The van der Waals surface area contributed by atoms with Crippen molar-refractivity contribution in [3.8, 4) is 0 Å². The second-order valence-corrected chi connectivity index (χ2v) is 7.38. The summed E-state index contributed by atoms with van der Waals surface area (Å²) >= 11 is 1.21. The summed E-state index contributed by atoms with van der Waals surface area (Å²) in [6.07, 6.45) is 1.45. The number of carbonyl (C=O) groups is 2. The van der Waals surface area contributed by atoms with E-state index in [0.717, 1.165) is 12.1 Å². The molecule has 0 spiro atoms. The van der Waals surface area contributed by atoms with Gasteiger partial charge in [0.25, 0.3) is 5.91 Å². The third-order valence-electron chi connectivity index (χ3n) is 4.61. The topological polar surface area (TPSA) is 75.4 Å². The van der Waals surface area contributed by atoms with Gasteiger partial charge in [0.15, 0.2) is 16.8 Å². The second kappa shape index (κ2) is 8.52. The summed E-state index contributed by atoms with van der Waals surface area (Å²) in [5, 5.41) is 4.73. The standard InChI is InChI=1S/C20H19F2N3O3S/c1-11(13-4-5-16(21)17(22)8-13)25(3)18(26)9-14-10-29-20(23-14)24-19(27)15-6-7-28-12(15)2/h4-8,10-11H,9H2,1-3H3,(H,23,24,27)/t11-/m1/s1. The Labute approximate surface area is 170 Å². The van der Waals surface area contributed by atoms with Crippen molar-refractivity contribution >= 4 is 28.3 Å². The predicted octanol–water partition coefficient (Wildman–Crippen LogP) is 4.34. The van der Waals surface area contributed by atoms with E-state index in [4.69, 9.17) is 4.42 Å². The molecule has 0 radical (unpaired) electrons. The first-order valence-electron chi connectivity index (χ1n) is 8.76. The molecule has 0 aliphatic heterocycles. The summed E-state index contributed by atoms with van der Waals surface area (Å²) in [6.45, 7) is 3.41. The van der Waals surface area contributed by atoms with Crippen molar-refractivity contribution in [1.29, 1.82) is 0 Å². The first-order chi connectivity index (χ1) is 13.8. The van der Waals surface area contributed by atoms with E-state index in [9.17, 15) is 18.4 Å². The Morgan fingerprint density at radius 3 is 2.69 bits per heavy atom. The number of rotatable bonds is 6. The third kappa shape index (κ3) is 4.68. The average molecular weight is 419 g/mol. The van der Waals surface area contributed by atoms with E-state index in [2.05, 4.69) is 10.3 Å². The van der Waals surface area contributed by atoms with Crippen LogP contribution in [0.5, 0.6) is 0 Å². The van der Waals surface area contributed by atoms with Gasteiger partial charge in [0.1, 0.15) is 5.76 Å². The molecule has 0 fully saturated rings. The number of anilines is 1. The number of carbonyl (C=O) groups excluding carboxylic acids is 2. The zero-order valence-electron chi connectivity index (χ0n) is 16.0. The van der Waals surface area contributed by atoms with Crippen molar-refractivity contribution in [2.75, 3.05) is 12.4 Å². The molecule has 0 saturated carbocycles. The van der Waals surface area contributed by atoms with Crippen LogP contribution in [0.15, 0.2) is 40.3 Å². The van der Waals surface area contributed by atoms with Gasteiger partial charge >= 0.3 is 0 Å². The lowest BCUT2D eigenvalue weighted by Crippen LogP contribution is -2.31. The molecule has 0 saturated heterocycles. The molecule has 2 amide bonds. The number of aromatic nitrogens is 1. The first kappa shape index (κ1) is 20.7. The lowest BCUT2D eigenvalue weighted by molar-refractivity contribution is -0.131. The highest BCUT2D eigenvalue weighted by Gasteiger charge is 2.20. The van der Waals surface area contributed by atoms with Crippen LogP contribution in [0.2, 0.25) is 0 Å². The van der Waals surface area contributed by atoms with Gasteiger partial charge in [-0.25, -0.2) is 13.8 Å². The fraction of sp³-hybridized carbons (Fsp3) is 0.250. The molecule has 1 aromatic carbocycles. The SMILES string of the molecule is Cc1occc1C(=O)Nc1nc(CC(=O)N(C)[C@H](C)c2ccc(F)c(F)c2)cs1. The van der Waals surface area contributed by atoms with Crippen LogP contribution in [-0.4, -0.2) is 28.7 Å². The van der Waals surface area contributed by atoms with E-state index in [1.165, 1.54) is 28.6 Å². The van der Waals surface area contributed by atoms with Gasteiger partial charge in [-0.05, 0) is 37.6 Å². The summed E-state index contributed by atoms with van der Waals surface area (Å²) in [5.41, 5.74) is 1.41. The number of nitrogens with one attached hydrogen (secondary N) is 1. The van der Waals surface area contributed by atoms with Gasteiger partial charge in [0.2, 0.25) is 5.91 Å². The number of benzene rings is 1. The Morgan fingerprint density at radius 1 is 1.28 bits per heavy atom. The third-order valence-corrected chi connectivity index (χ3v) is 5.41. The molecular formula is C20H19F2N3O3S. The van der Waals surface area contributed by atoms with Crippen LogP contribution < -0.4 is 5.32 Å². The molecular weight excluding hydrogens is 400 g/mol. The minimum absolute atomic E-state index is 0.0155. The highest BCUT2D eigenvalue weighted by Crippen LogP contribution is 2.23. The van der Waals surface area contributed by atoms with Crippen LogP contribution in [0.1, 0.15) is 40.3 Å². The van der Waals surface area contributed by atoms with Gasteiger partial charge in [-0.15, -0.1) is 11.3 Å². The molecule has 1 N–H and O–H groups in total. The molecule has 0 aliphatic carbocycles. The summed E-state index contributed by atoms with van der Waals surface area (Å²) < 4.78 is 31.7. The van der Waals surface area contributed by atoms with Crippen molar-refractivity contribution < 1.29 is 22.8 Å². The maximum absolute atomic E-state index is 13.5. The van der Waals surface area contributed by atoms with Gasteiger partial charge in [0.05, 0.1) is 30.0 Å². The molecule has 3 rings (SSSR count). The Hall–Kier alpha value is -3.07. The highest BCUT2D eigenvalue weighted by atomic mass is 32.1. The number of halogens is 2. The van der Waals surface area contributed by atoms with Crippen molar-refractivity contribution in [1.82, 2.24) is 9.88 Å². The second-order valence-electron chi connectivity index (χ2n) is 6.52. The largest absolute Gasteiger partial charge is 0.469 e. The number of aryl methyl sites for hydroxylation is 1. The fourth-order valence-electron chi connectivity index (χ4n) is 2.72. The Balaban J connectivity index is 1.62.